The minimum absolute atomic E-state index is 0.168. The molecular weight excluding hydrogens is 480 g/mol. The van der Waals surface area contributed by atoms with Gasteiger partial charge >= 0.3 is 11.9 Å². The molecule has 0 aliphatic rings. The van der Waals surface area contributed by atoms with Crippen LogP contribution >= 0.6 is 0 Å². The van der Waals surface area contributed by atoms with E-state index in [1.807, 2.05) is 54.6 Å². The predicted octanol–water partition coefficient (Wildman–Crippen LogP) is 5.60. The van der Waals surface area contributed by atoms with Crippen molar-refractivity contribution in [3.63, 3.8) is 0 Å². The number of carbonyl (C=O) groups excluding carboxylic acids is 2. The van der Waals surface area contributed by atoms with E-state index in [1.54, 1.807) is 18.2 Å². The summed E-state index contributed by atoms with van der Waals surface area (Å²) in [5.74, 6) is -1.10. The van der Waals surface area contributed by atoms with Crippen LogP contribution in [0, 0.1) is 0 Å². The SMILES string of the molecule is COC(=O)c1cccc2nc3c([C@H](C)c4ccc(C(=O)OC)c5nc6ccccc6nc45)cccc3nc12. The Morgan fingerprint density at radius 2 is 1.05 bits per heavy atom. The van der Waals surface area contributed by atoms with Crippen molar-refractivity contribution >= 4 is 56.1 Å². The Bertz CT molecular complexity index is 1920. The number of rotatable bonds is 4. The number of benzene rings is 4. The van der Waals surface area contributed by atoms with Crippen LogP contribution < -0.4 is 0 Å². The first-order chi connectivity index (χ1) is 18.5. The third-order valence-corrected chi connectivity index (χ3v) is 6.80. The summed E-state index contributed by atoms with van der Waals surface area (Å²) in [5, 5.41) is 0. The van der Waals surface area contributed by atoms with Crippen LogP contribution in [0.1, 0.15) is 44.7 Å². The maximum Gasteiger partial charge on any atom is 0.340 e. The first-order valence-corrected chi connectivity index (χ1v) is 12.1. The van der Waals surface area contributed by atoms with Gasteiger partial charge in [-0.25, -0.2) is 29.5 Å². The highest BCUT2D eigenvalue weighted by molar-refractivity contribution is 6.05. The number of aromatic nitrogens is 4. The van der Waals surface area contributed by atoms with Crippen LogP contribution in [0.5, 0.6) is 0 Å². The summed E-state index contributed by atoms with van der Waals surface area (Å²) in [6.45, 7) is 2.06. The summed E-state index contributed by atoms with van der Waals surface area (Å²) in [5.41, 5.74) is 7.54. The van der Waals surface area contributed by atoms with Gasteiger partial charge in [0.05, 0.1) is 58.4 Å². The summed E-state index contributed by atoms with van der Waals surface area (Å²) in [6.07, 6.45) is 0. The van der Waals surface area contributed by atoms with E-state index in [-0.39, 0.29) is 5.92 Å². The topological polar surface area (TPSA) is 104 Å². The number of nitrogens with zero attached hydrogens (tertiary/aromatic N) is 4. The third kappa shape index (κ3) is 3.69. The van der Waals surface area contributed by atoms with E-state index in [2.05, 4.69) is 6.92 Å². The van der Waals surface area contributed by atoms with Crippen molar-refractivity contribution in [2.24, 2.45) is 0 Å². The van der Waals surface area contributed by atoms with Crippen LogP contribution in [0.25, 0.3) is 44.1 Å². The van der Waals surface area contributed by atoms with Gasteiger partial charge in [-0.2, -0.15) is 0 Å². The number of hydrogen-bond donors (Lipinski definition) is 0. The average molecular weight is 503 g/mol. The highest BCUT2D eigenvalue weighted by Gasteiger charge is 2.22. The Morgan fingerprint density at radius 3 is 1.74 bits per heavy atom. The molecular formula is C30H22N4O4. The molecule has 0 amide bonds. The highest BCUT2D eigenvalue weighted by atomic mass is 16.5. The quantitative estimate of drug-likeness (QED) is 0.226. The van der Waals surface area contributed by atoms with E-state index < -0.39 is 11.9 Å². The van der Waals surface area contributed by atoms with Gasteiger partial charge in [0.25, 0.3) is 0 Å². The fourth-order valence-corrected chi connectivity index (χ4v) is 4.88. The van der Waals surface area contributed by atoms with Crippen LogP contribution in [0.3, 0.4) is 0 Å². The number of hydrogen-bond acceptors (Lipinski definition) is 8. The Hall–Kier alpha value is -4.98. The molecule has 0 aliphatic carbocycles. The second-order valence-corrected chi connectivity index (χ2v) is 8.93. The van der Waals surface area contributed by atoms with E-state index >= 15 is 0 Å². The van der Waals surface area contributed by atoms with Gasteiger partial charge in [0.1, 0.15) is 11.0 Å². The van der Waals surface area contributed by atoms with Crippen molar-refractivity contribution in [1.29, 1.82) is 0 Å². The number of para-hydroxylation sites is 4. The Kier molecular flexibility index (Phi) is 5.64. The van der Waals surface area contributed by atoms with Crippen LogP contribution in [0.15, 0.2) is 72.8 Å². The van der Waals surface area contributed by atoms with Gasteiger partial charge in [0, 0.05) is 5.92 Å². The summed E-state index contributed by atoms with van der Waals surface area (Å²) >= 11 is 0. The van der Waals surface area contributed by atoms with E-state index in [1.165, 1.54) is 14.2 Å². The van der Waals surface area contributed by atoms with E-state index in [0.29, 0.717) is 49.7 Å². The zero-order chi connectivity index (χ0) is 26.4. The van der Waals surface area contributed by atoms with Gasteiger partial charge in [-0.05, 0) is 47.5 Å². The minimum Gasteiger partial charge on any atom is -0.465 e. The molecule has 0 bridgehead atoms. The Balaban J connectivity index is 1.59. The lowest BCUT2D eigenvalue weighted by atomic mass is 9.90. The molecule has 38 heavy (non-hydrogen) atoms. The maximum atomic E-state index is 12.6. The number of esters is 2. The van der Waals surface area contributed by atoms with Crippen LogP contribution in [0.4, 0.5) is 0 Å². The molecule has 0 radical (unpaired) electrons. The molecule has 0 fully saturated rings. The molecule has 0 spiro atoms. The first-order valence-electron chi connectivity index (χ1n) is 12.1. The molecule has 6 aromatic rings. The molecule has 4 aromatic carbocycles. The summed E-state index contributed by atoms with van der Waals surface area (Å²) in [7, 11) is 2.70. The van der Waals surface area contributed by atoms with E-state index in [0.717, 1.165) is 16.6 Å². The van der Waals surface area contributed by atoms with Crippen LogP contribution in [0.2, 0.25) is 0 Å². The fraction of sp³-hybridized carbons (Fsp3) is 0.133. The van der Waals surface area contributed by atoms with Gasteiger partial charge in [-0.3, -0.25) is 0 Å². The highest BCUT2D eigenvalue weighted by Crippen LogP contribution is 2.35. The smallest absolute Gasteiger partial charge is 0.340 e. The standard InChI is InChI=1S/C30H22N4O4/c1-16(17-8-6-12-23-25(17)33-24-13-7-9-19(26(24)34-23)29(35)37-2)18-14-15-20(30(36)38-3)28-27(18)31-21-10-4-5-11-22(21)32-28/h4-16H,1-3H3/t16-/m0/s1. The van der Waals surface area contributed by atoms with Crippen molar-refractivity contribution in [2.45, 2.75) is 12.8 Å². The number of fused-ring (bicyclic) bond motifs is 4. The van der Waals surface area contributed by atoms with Crippen LogP contribution in [-0.4, -0.2) is 46.1 Å². The van der Waals surface area contributed by atoms with E-state index in [9.17, 15) is 9.59 Å². The monoisotopic (exact) mass is 502 g/mol. The third-order valence-electron chi connectivity index (χ3n) is 6.80. The molecule has 6 rings (SSSR count). The zero-order valence-corrected chi connectivity index (χ0v) is 20.9. The van der Waals surface area contributed by atoms with Gasteiger partial charge in [0.15, 0.2) is 0 Å². The zero-order valence-electron chi connectivity index (χ0n) is 20.9. The maximum absolute atomic E-state index is 12.6. The molecule has 2 heterocycles. The average Bonchev–Trinajstić information content (AvgIpc) is 2.96. The Labute approximate surface area is 217 Å². The number of methoxy groups -OCH3 is 2. The molecule has 0 N–H and O–H groups in total. The summed E-state index contributed by atoms with van der Waals surface area (Å²) in [4.78, 5) is 44.3. The van der Waals surface area contributed by atoms with Crippen molar-refractivity contribution in [1.82, 2.24) is 19.9 Å². The van der Waals surface area contributed by atoms with Gasteiger partial charge in [0.2, 0.25) is 0 Å². The summed E-state index contributed by atoms with van der Waals surface area (Å²) in [6, 6.07) is 22.3. The normalized spacial score (nSPS) is 12.2. The lowest BCUT2D eigenvalue weighted by molar-refractivity contribution is 0.0593. The minimum atomic E-state index is -0.470. The van der Waals surface area contributed by atoms with Crippen molar-refractivity contribution in [3.8, 4) is 0 Å². The molecule has 8 nitrogen and oxygen atoms in total. The molecule has 0 saturated heterocycles. The van der Waals surface area contributed by atoms with Gasteiger partial charge in [-0.15, -0.1) is 0 Å². The fourth-order valence-electron chi connectivity index (χ4n) is 4.88. The lowest BCUT2D eigenvalue weighted by Gasteiger charge is -2.18. The van der Waals surface area contributed by atoms with E-state index in [4.69, 9.17) is 29.4 Å². The van der Waals surface area contributed by atoms with Gasteiger partial charge < -0.3 is 9.47 Å². The molecule has 1 atom stereocenters. The Morgan fingerprint density at radius 1 is 0.553 bits per heavy atom. The van der Waals surface area contributed by atoms with Gasteiger partial charge in [-0.1, -0.05) is 43.3 Å². The second kappa shape index (κ2) is 9.15. The number of carbonyl (C=O) groups is 2. The molecule has 186 valence electrons. The first kappa shape index (κ1) is 23.4. The molecule has 8 heteroatoms. The predicted molar refractivity (Wildman–Crippen MR) is 144 cm³/mol. The largest absolute Gasteiger partial charge is 0.465 e. The van der Waals surface area contributed by atoms with Crippen molar-refractivity contribution in [3.05, 3.63) is 95.1 Å². The van der Waals surface area contributed by atoms with Crippen molar-refractivity contribution in [2.75, 3.05) is 14.2 Å². The lowest BCUT2D eigenvalue weighted by Crippen LogP contribution is -2.08. The van der Waals surface area contributed by atoms with Crippen LogP contribution in [-0.2, 0) is 9.47 Å². The van der Waals surface area contributed by atoms with Crippen molar-refractivity contribution < 1.29 is 19.1 Å². The number of ether oxygens (including phenoxy) is 2. The molecule has 0 saturated carbocycles. The molecule has 0 unspecified atom stereocenters. The second-order valence-electron chi connectivity index (χ2n) is 8.93. The molecule has 2 aromatic heterocycles. The summed E-state index contributed by atoms with van der Waals surface area (Å²) < 4.78 is 9.95. The molecule has 0 aliphatic heterocycles.